The summed E-state index contributed by atoms with van der Waals surface area (Å²) in [6.45, 7) is 2.92. The number of hydrogen-bond acceptors (Lipinski definition) is 4. The standard InChI is InChI=1S/C13H16N2O2/c1-3-15(16)9-11-5-4-10-8-12(17-2)6-7-13(10)14-11/h4-8,16H,3,9H2,1-2H3. The van der Waals surface area contributed by atoms with Gasteiger partial charge in [0.05, 0.1) is 24.9 Å². The smallest absolute Gasteiger partial charge is 0.119 e. The first kappa shape index (κ1) is 11.8. The van der Waals surface area contributed by atoms with Crippen molar-refractivity contribution in [2.75, 3.05) is 13.7 Å². The van der Waals surface area contributed by atoms with E-state index in [0.717, 1.165) is 22.3 Å². The summed E-state index contributed by atoms with van der Waals surface area (Å²) >= 11 is 0. The Hall–Kier alpha value is -1.65. The first-order valence-corrected chi connectivity index (χ1v) is 5.60. The van der Waals surface area contributed by atoms with Crippen molar-refractivity contribution in [3.63, 3.8) is 0 Å². The number of rotatable bonds is 4. The van der Waals surface area contributed by atoms with E-state index in [1.165, 1.54) is 5.06 Å². The van der Waals surface area contributed by atoms with Gasteiger partial charge in [-0.2, -0.15) is 5.06 Å². The summed E-state index contributed by atoms with van der Waals surface area (Å²) in [6, 6.07) is 9.66. The van der Waals surface area contributed by atoms with Crippen molar-refractivity contribution in [2.24, 2.45) is 0 Å². The Balaban J connectivity index is 2.31. The summed E-state index contributed by atoms with van der Waals surface area (Å²) in [5.41, 5.74) is 1.76. The quantitative estimate of drug-likeness (QED) is 0.822. The number of ether oxygens (including phenoxy) is 1. The van der Waals surface area contributed by atoms with Gasteiger partial charge in [0, 0.05) is 11.9 Å². The van der Waals surface area contributed by atoms with E-state index < -0.39 is 0 Å². The lowest BCUT2D eigenvalue weighted by Gasteiger charge is -2.11. The zero-order valence-electron chi connectivity index (χ0n) is 10.1. The summed E-state index contributed by atoms with van der Waals surface area (Å²) in [7, 11) is 1.65. The molecule has 1 heterocycles. The van der Waals surface area contributed by atoms with Crippen molar-refractivity contribution in [1.29, 1.82) is 0 Å². The van der Waals surface area contributed by atoms with Crippen LogP contribution in [0.1, 0.15) is 12.6 Å². The minimum absolute atomic E-state index is 0.443. The Morgan fingerprint density at radius 2 is 2.12 bits per heavy atom. The van der Waals surface area contributed by atoms with Gasteiger partial charge in [-0.15, -0.1) is 0 Å². The van der Waals surface area contributed by atoms with Crippen LogP contribution in [-0.4, -0.2) is 28.9 Å². The van der Waals surface area contributed by atoms with Gasteiger partial charge in [0.25, 0.3) is 0 Å². The predicted molar refractivity (Wildman–Crippen MR) is 66.2 cm³/mol. The van der Waals surface area contributed by atoms with Crippen LogP contribution in [0.25, 0.3) is 10.9 Å². The Morgan fingerprint density at radius 1 is 1.29 bits per heavy atom. The lowest BCUT2D eigenvalue weighted by molar-refractivity contribution is -0.0954. The molecule has 0 saturated carbocycles. The van der Waals surface area contributed by atoms with Gasteiger partial charge < -0.3 is 9.94 Å². The predicted octanol–water partition coefficient (Wildman–Crippen LogP) is 2.45. The summed E-state index contributed by atoms with van der Waals surface area (Å²) in [4.78, 5) is 4.48. The molecule has 4 nitrogen and oxygen atoms in total. The van der Waals surface area contributed by atoms with Crippen molar-refractivity contribution in [3.05, 3.63) is 36.0 Å². The van der Waals surface area contributed by atoms with E-state index in [2.05, 4.69) is 4.98 Å². The zero-order valence-corrected chi connectivity index (χ0v) is 10.1. The summed E-state index contributed by atoms with van der Waals surface area (Å²) in [5.74, 6) is 0.824. The third-order valence-corrected chi connectivity index (χ3v) is 2.66. The largest absolute Gasteiger partial charge is 0.497 e. The van der Waals surface area contributed by atoms with E-state index in [0.29, 0.717) is 13.1 Å². The number of aromatic nitrogens is 1. The van der Waals surface area contributed by atoms with E-state index in [1.807, 2.05) is 37.3 Å². The van der Waals surface area contributed by atoms with Gasteiger partial charge >= 0.3 is 0 Å². The van der Waals surface area contributed by atoms with Gasteiger partial charge in [-0.25, -0.2) is 0 Å². The van der Waals surface area contributed by atoms with Crippen LogP contribution in [-0.2, 0) is 6.54 Å². The third-order valence-electron chi connectivity index (χ3n) is 2.66. The molecule has 17 heavy (non-hydrogen) atoms. The average molecular weight is 232 g/mol. The maximum Gasteiger partial charge on any atom is 0.119 e. The maximum atomic E-state index is 9.44. The maximum absolute atomic E-state index is 9.44. The van der Waals surface area contributed by atoms with E-state index in [9.17, 15) is 5.21 Å². The molecule has 0 saturated heterocycles. The molecule has 90 valence electrons. The molecule has 1 aromatic carbocycles. The molecule has 0 bridgehead atoms. The van der Waals surface area contributed by atoms with Crippen molar-refractivity contribution < 1.29 is 9.94 Å². The molecule has 4 heteroatoms. The molecule has 1 aromatic heterocycles. The molecule has 0 atom stereocenters. The van der Waals surface area contributed by atoms with E-state index in [4.69, 9.17) is 4.74 Å². The van der Waals surface area contributed by atoms with E-state index in [1.54, 1.807) is 7.11 Å². The van der Waals surface area contributed by atoms with Crippen LogP contribution in [0.2, 0.25) is 0 Å². The van der Waals surface area contributed by atoms with Gasteiger partial charge in [-0.1, -0.05) is 13.0 Å². The highest BCUT2D eigenvalue weighted by molar-refractivity contribution is 5.80. The van der Waals surface area contributed by atoms with Crippen LogP contribution in [0.3, 0.4) is 0 Å². The molecule has 1 N–H and O–H groups in total. The van der Waals surface area contributed by atoms with Gasteiger partial charge in [0.2, 0.25) is 0 Å². The van der Waals surface area contributed by atoms with Crippen LogP contribution in [0, 0.1) is 0 Å². The van der Waals surface area contributed by atoms with Crippen molar-refractivity contribution in [1.82, 2.24) is 10.0 Å². The average Bonchev–Trinajstić information content (AvgIpc) is 2.38. The molecule has 0 fully saturated rings. The first-order chi connectivity index (χ1) is 8.22. The fourth-order valence-electron chi connectivity index (χ4n) is 1.66. The SMILES string of the molecule is CCN(O)Cc1ccc2cc(OC)ccc2n1. The highest BCUT2D eigenvalue weighted by atomic mass is 16.5. The fourth-order valence-corrected chi connectivity index (χ4v) is 1.66. The normalized spacial score (nSPS) is 11.1. The molecule has 0 aliphatic heterocycles. The van der Waals surface area contributed by atoms with Crippen LogP contribution >= 0.6 is 0 Å². The number of hydrogen-bond donors (Lipinski definition) is 1. The van der Waals surface area contributed by atoms with Gasteiger partial charge in [-0.3, -0.25) is 4.98 Å². The molecule has 0 amide bonds. The van der Waals surface area contributed by atoms with E-state index >= 15 is 0 Å². The number of benzene rings is 1. The van der Waals surface area contributed by atoms with E-state index in [-0.39, 0.29) is 0 Å². The molecule has 0 aliphatic carbocycles. The Kier molecular flexibility index (Phi) is 3.56. The second-order valence-corrected chi connectivity index (χ2v) is 3.84. The summed E-state index contributed by atoms with van der Waals surface area (Å²) in [6.07, 6.45) is 0. The summed E-state index contributed by atoms with van der Waals surface area (Å²) < 4.78 is 5.16. The second-order valence-electron chi connectivity index (χ2n) is 3.84. The third kappa shape index (κ3) is 2.72. The van der Waals surface area contributed by atoms with Crippen LogP contribution in [0.5, 0.6) is 5.75 Å². The summed E-state index contributed by atoms with van der Waals surface area (Å²) in [5, 5.41) is 11.7. The Labute approximate surface area is 100 Å². The highest BCUT2D eigenvalue weighted by Gasteiger charge is 2.03. The molecule has 2 rings (SSSR count). The number of fused-ring (bicyclic) bond motifs is 1. The Morgan fingerprint density at radius 3 is 2.82 bits per heavy atom. The number of methoxy groups -OCH3 is 1. The first-order valence-electron chi connectivity index (χ1n) is 5.60. The number of nitrogens with zero attached hydrogens (tertiary/aromatic N) is 2. The zero-order chi connectivity index (χ0) is 12.3. The van der Waals surface area contributed by atoms with Crippen LogP contribution in [0.15, 0.2) is 30.3 Å². The van der Waals surface area contributed by atoms with Gasteiger partial charge in [0.15, 0.2) is 0 Å². The number of pyridine rings is 1. The number of hydroxylamine groups is 2. The lowest BCUT2D eigenvalue weighted by Crippen LogP contribution is -2.18. The molecule has 0 unspecified atom stereocenters. The second kappa shape index (κ2) is 5.12. The van der Waals surface area contributed by atoms with Crippen LogP contribution < -0.4 is 4.74 Å². The topological polar surface area (TPSA) is 45.6 Å². The fraction of sp³-hybridized carbons (Fsp3) is 0.308. The van der Waals surface area contributed by atoms with Crippen molar-refractivity contribution >= 4 is 10.9 Å². The molecular weight excluding hydrogens is 216 g/mol. The lowest BCUT2D eigenvalue weighted by atomic mass is 10.2. The molecule has 2 aromatic rings. The monoisotopic (exact) mass is 232 g/mol. The van der Waals surface area contributed by atoms with Crippen molar-refractivity contribution in [2.45, 2.75) is 13.5 Å². The molecule has 0 aliphatic rings. The minimum atomic E-state index is 0.443. The molecular formula is C13H16N2O2. The molecule has 0 spiro atoms. The highest BCUT2D eigenvalue weighted by Crippen LogP contribution is 2.19. The molecule has 0 radical (unpaired) electrons. The minimum Gasteiger partial charge on any atom is -0.497 e. The Bertz CT molecular complexity index is 514. The van der Waals surface area contributed by atoms with Crippen molar-refractivity contribution in [3.8, 4) is 5.75 Å². The van der Waals surface area contributed by atoms with Gasteiger partial charge in [-0.05, 0) is 24.3 Å². The van der Waals surface area contributed by atoms with Crippen LogP contribution in [0.4, 0.5) is 0 Å². The van der Waals surface area contributed by atoms with Gasteiger partial charge in [0.1, 0.15) is 5.75 Å².